The SMILES string of the molecule is CN1C(=O)[C@@H](NC(=O)n2cc(Cc3cccc(Cl)c3)cn2)COc2ccccc21. The van der Waals surface area contributed by atoms with Crippen LogP contribution in [0.1, 0.15) is 11.1 Å². The van der Waals surface area contributed by atoms with E-state index in [1.165, 1.54) is 9.58 Å². The third-order valence-corrected chi connectivity index (χ3v) is 4.94. The largest absolute Gasteiger partial charge is 0.489 e. The summed E-state index contributed by atoms with van der Waals surface area (Å²) < 4.78 is 6.90. The van der Waals surface area contributed by atoms with Crippen LogP contribution in [0.3, 0.4) is 0 Å². The van der Waals surface area contributed by atoms with Gasteiger partial charge < -0.3 is 15.0 Å². The zero-order chi connectivity index (χ0) is 20.4. The molecule has 0 saturated heterocycles. The number of rotatable bonds is 3. The molecule has 3 aromatic rings. The Morgan fingerprint density at radius 3 is 2.90 bits per heavy atom. The summed E-state index contributed by atoms with van der Waals surface area (Å²) in [5.41, 5.74) is 2.54. The summed E-state index contributed by atoms with van der Waals surface area (Å²) in [7, 11) is 1.66. The van der Waals surface area contributed by atoms with Gasteiger partial charge in [0, 0.05) is 24.7 Å². The topological polar surface area (TPSA) is 76.5 Å². The molecular formula is C21H19ClN4O3. The molecule has 0 bridgehead atoms. The second-order valence-corrected chi connectivity index (χ2v) is 7.21. The fraction of sp³-hybridized carbons (Fsp3) is 0.190. The van der Waals surface area contributed by atoms with Gasteiger partial charge in [0.05, 0.1) is 11.9 Å². The molecule has 0 spiro atoms. The first-order valence-electron chi connectivity index (χ1n) is 9.09. The van der Waals surface area contributed by atoms with Crippen LogP contribution in [0.2, 0.25) is 5.02 Å². The lowest BCUT2D eigenvalue weighted by atomic mass is 10.1. The van der Waals surface area contributed by atoms with Crippen molar-refractivity contribution in [1.82, 2.24) is 15.1 Å². The number of nitrogens with zero attached hydrogens (tertiary/aromatic N) is 3. The maximum absolute atomic E-state index is 12.7. The van der Waals surface area contributed by atoms with Crippen LogP contribution in [0.4, 0.5) is 10.5 Å². The number of aromatic nitrogens is 2. The summed E-state index contributed by atoms with van der Waals surface area (Å²) in [4.78, 5) is 26.8. The van der Waals surface area contributed by atoms with Gasteiger partial charge in [0.1, 0.15) is 18.4 Å². The molecule has 1 N–H and O–H groups in total. The van der Waals surface area contributed by atoms with E-state index in [-0.39, 0.29) is 12.5 Å². The molecule has 7 nitrogen and oxygen atoms in total. The van der Waals surface area contributed by atoms with Gasteiger partial charge in [-0.2, -0.15) is 9.78 Å². The van der Waals surface area contributed by atoms with E-state index >= 15 is 0 Å². The third-order valence-electron chi connectivity index (χ3n) is 4.70. The predicted molar refractivity (Wildman–Crippen MR) is 110 cm³/mol. The maximum atomic E-state index is 12.7. The van der Waals surface area contributed by atoms with Crippen molar-refractivity contribution >= 4 is 29.2 Å². The van der Waals surface area contributed by atoms with Crippen molar-refractivity contribution in [2.24, 2.45) is 0 Å². The van der Waals surface area contributed by atoms with Crippen molar-refractivity contribution in [2.45, 2.75) is 12.5 Å². The van der Waals surface area contributed by atoms with Gasteiger partial charge >= 0.3 is 6.03 Å². The molecule has 0 saturated carbocycles. The Hall–Kier alpha value is -3.32. The molecule has 148 valence electrons. The number of hydrogen-bond acceptors (Lipinski definition) is 4. The molecular weight excluding hydrogens is 392 g/mol. The number of carbonyl (C=O) groups excluding carboxylic acids is 2. The van der Waals surface area contributed by atoms with E-state index in [0.29, 0.717) is 22.9 Å². The third kappa shape index (κ3) is 4.09. The number of nitrogens with one attached hydrogen (secondary N) is 1. The molecule has 1 aliphatic heterocycles. The first-order chi connectivity index (χ1) is 14.0. The number of ether oxygens (including phenoxy) is 1. The molecule has 0 aliphatic carbocycles. The number of para-hydroxylation sites is 2. The van der Waals surface area contributed by atoms with Crippen LogP contribution in [0.25, 0.3) is 0 Å². The highest BCUT2D eigenvalue weighted by Crippen LogP contribution is 2.29. The summed E-state index contributed by atoms with van der Waals surface area (Å²) in [6, 6.07) is 13.4. The van der Waals surface area contributed by atoms with Gasteiger partial charge in [0.25, 0.3) is 5.91 Å². The predicted octanol–water partition coefficient (Wildman–Crippen LogP) is 3.11. The second kappa shape index (κ2) is 7.97. The molecule has 29 heavy (non-hydrogen) atoms. The van der Waals surface area contributed by atoms with E-state index in [1.807, 2.05) is 36.4 Å². The highest BCUT2D eigenvalue weighted by molar-refractivity contribution is 6.30. The smallest absolute Gasteiger partial charge is 0.342 e. The molecule has 0 fully saturated rings. The summed E-state index contributed by atoms with van der Waals surface area (Å²) in [5.74, 6) is 0.345. The molecule has 1 aliphatic rings. The lowest BCUT2D eigenvalue weighted by Crippen LogP contribution is -2.50. The Morgan fingerprint density at radius 1 is 1.24 bits per heavy atom. The highest BCUT2D eigenvalue weighted by Gasteiger charge is 2.30. The highest BCUT2D eigenvalue weighted by atomic mass is 35.5. The van der Waals surface area contributed by atoms with Crippen LogP contribution in [-0.4, -0.2) is 41.4 Å². The molecule has 2 heterocycles. The molecule has 0 unspecified atom stereocenters. The summed E-state index contributed by atoms with van der Waals surface area (Å²) in [6.07, 6.45) is 3.85. The first kappa shape index (κ1) is 19.0. The number of halogens is 1. The Kier molecular flexibility index (Phi) is 5.22. The van der Waals surface area contributed by atoms with Gasteiger partial charge in [-0.1, -0.05) is 35.9 Å². The zero-order valence-corrected chi connectivity index (χ0v) is 16.5. The van der Waals surface area contributed by atoms with E-state index in [9.17, 15) is 9.59 Å². The summed E-state index contributed by atoms with van der Waals surface area (Å²) in [6.45, 7) is 0.0442. The number of carbonyl (C=O) groups is 2. The molecule has 8 heteroatoms. The van der Waals surface area contributed by atoms with E-state index in [4.69, 9.17) is 16.3 Å². The fourth-order valence-electron chi connectivity index (χ4n) is 3.22. The van der Waals surface area contributed by atoms with Crippen molar-refractivity contribution in [2.75, 3.05) is 18.6 Å². The number of likely N-dealkylation sites (N-methyl/N-ethyl adjacent to an activating group) is 1. The van der Waals surface area contributed by atoms with Crippen molar-refractivity contribution in [3.05, 3.63) is 77.1 Å². The van der Waals surface area contributed by atoms with Crippen LogP contribution in [0.15, 0.2) is 60.9 Å². The van der Waals surface area contributed by atoms with E-state index in [0.717, 1.165) is 11.1 Å². The molecule has 1 atom stereocenters. The number of hydrogen-bond donors (Lipinski definition) is 1. The normalized spacial score (nSPS) is 16.0. The summed E-state index contributed by atoms with van der Waals surface area (Å²) >= 11 is 6.01. The minimum atomic E-state index is -0.819. The molecule has 1 aromatic heterocycles. The zero-order valence-electron chi connectivity index (χ0n) is 15.7. The molecule has 2 amide bonds. The minimum absolute atomic E-state index is 0.0442. The van der Waals surface area contributed by atoms with E-state index in [2.05, 4.69) is 10.4 Å². The number of benzene rings is 2. The minimum Gasteiger partial charge on any atom is -0.489 e. The van der Waals surface area contributed by atoms with Crippen LogP contribution in [-0.2, 0) is 11.2 Å². The molecule has 0 radical (unpaired) electrons. The van der Waals surface area contributed by atoms with Crippen molar-refractivity contribution in [3.63, 3.8) is 0 Å². The van der Waals surface area contributed by atoms with Gasteiger partial charge in [0.15, 0.2) is 0 Å². The standard InChI is InChI=1S/C21H19ClN4O3/c1-25-18-7-2-3-8-19(18)29-13-17(20(25)27)24-21(28)26-12-15(11-23-26)9-14-5-4-6-16(22)10-14/h2-8,10-12,17H,9,13H2,1H3,(H,24,28)/t17-/m0/s1. The van der Waals surface area contributed by atoms with Crippen molar-refractivity contribution in [1.29, 1.82) is 0 Å². The van der Waals surface area contributed by atoms with Gasteiger partial charge in [-0.25, -0.2) is 4.79 Å². The van der Waals surface area contributed by atoms with Gasteiger partial charge in [-0.15, -0.1) is 0 Å². The maximum Gasteiger partial charge on any atom is 0.342 e. The average molecular weight is 411 g/mol. The van der Waals surface area contributed by atoms with Gasteiger partial charge in [0.2, 0.25) is 0 Å². The van der Waals surface area contributed by atoms with Crippen molar-refractivity contribution in [3.8, 4) is 5.75 Å². The van der Waals surface area contributed by atoms with Crippen LogP contribution >= 0.6 is 11.6 Å². The molecule has 2 aromatic carbocycles. The Morgan fingerprint density at radius 2 is 2.07 bits per heavy atom. The van der Waals surface area contributed by atoms with Crippen LogP contribution in [0.5, 0.6) is 5.75 Å². The number of amides is 2. The average Bonchev–Trinajstić information content (AvgIpc) is 3.14. The number of fused-ring (bicyclic) bond motifs is 1. The summed E-state index contributed by atoms with van der Waals surface area (Å²) in [5, 5.41) is 7.47. The van der Waals surface area contributed by atoms with Crippen LogP contribution < -0.4 is 15.0 Å². The molecule has 4 rings (SSSR count). The Bertz CT molecular complexity index is 1070. The van der Waals surface area contributed by atoms with E-state index in [1.54, 1.807) is 31.6 Å². The second-order valence-electron chi connectivity index (χ2n) is 6.78. The van der Waals surface area contributed by atoms with Crippen LogP contribution in [0, 0.1) is 0 Å². The van der Waals surface area contributed by atoms with Gasteiger partial charge in [-0.3, -0.25) is 4.79 Å². The first-order valence-corrected chi connectivity index (χ1v) is 9.47. The lowest BCUT2D eigenvalue weighted by Gasteiger charge is -2.20. The Balaban J connectivity index is 1.44. The van der Waals surface area contributed by atoms with Gasteiger partial charge in [-0.05, 0) is 35.4 Å². The lowest BCUT2D eigenvalue weighted by molar-refractivity contribution is -0.120. The number of anilines is 1. The quantitative estimate of drug-likeness (QED) is 0.719. The van der Waals surface area contributed by atoms with Crippen molar-refractivity contribution < 1.29 is 14.3 Å². The Labute approximate surface area is 172 Å². The monoisotopic (exact) mass is 410 g/mol. The fourth-order valence-corrected chi connectivity index (χ4v) is 3.43. The van der Waals surface area contributed by atoms with E-state index < -0.39 is 12.1 Å².